The summed E-state index contributed by atoms with van der Waals surface area (Å²) < 4.78 is 18.8. The van der Waals surface area contributed by atoms with Crippen molar-refractivity contribution in [2.24, 2.45) is 0 Å². The molecule has 1 amide bonds. The average Bonchev–Trinajstić information content (AvgIpc) is 3.39. The van der Waals surface area contributed by atoms with Crippen molar-refractivity contribution in [2.75, 3.05) is 33.4 Å². The van der Waals surface area contributed by atoms with Crippen LogP contribution in [0.2, 0.25) is 0 Å². The number of aromatic nitrogens is 1. The van der Waals surface area contributed by atoms with E-state index in [1.165, 1.54) is 24.6 Å². The summed E-state index contributed by atoms with van der Waals surface area (Å²) in [7, 11) is 1.74. The maximum atomic E-state index is 13.4. The fourth-order valence-corrected chi connectivity index (χ4v) is 5.31. The number of nitrogens with zero attached hydrogens (tertiary/aromatic N) is 3. The number of piperidine rings is 1. The SMILES string of the molecule is COC[C@H]1CCCN1Cc1nc(C2(O)CCN(C(=O)c3cccc(F)c3)CC2)cs1. The van der Waals surface area contributed by atoms with Crippen LogP contribution in [0.4, 0.5) is 4.39 Å². The fraction of sp³-hybridized carbons (Fsp3) is 0.545. The summed E-state index contributed by atoms with van der Waals surface area (Å²) in [5, 5.41) is 14.1. The van der Waals surface area contributed by atoms with Gasteiger partial charge in [0.05, 0.1) is 18.8 Å². The Morgan fingerprint density at radius 3 is 2.90 bits per heavy atom. The van der Waals surface area contributed by atoms with Gasteiger partial charge in [0.1, 0.15) is 16.4 Å². The average molecular weight is 434 g/mol. The van der Waals surface area contributed by atoms with Crippen molar-refractivity contribution in [1.82, 2.24) is 14.8 Å². The molecule has 162 valence electrons. The normalized spacial score (nSPS) is 21.8. The van der Waals surface area contributed by atoms with Gasteiger partial charge in [0.25, 0.3) is 5.91 Å². The van der Waals surface area contributed by atoms with Crippen LogP contribution in [-0.2, 0) is 16.9 Å². The molecule has 6 nitrogen and oxygen atoms in total. The number of hydrogen-bond donors (Lipinski definition) is 1. The highest BCUT2D eigenvalue weighted by Crippen LogP contribution is 2.34. The second-order valence-electron chi connectivity index (χ2n) is 8.18. The zero-order valence-corrected chi connectivity index (χ0v) is 18.0. The molecule has 1 aromatic carbocycles. The zero-order valence-electron chi connectivity index (χ0n) is 17.2. The summed E-state index contributed by atoms with van der Waals surface area (Å²) in [5.41, 5.74) is 0.0141. The van der Waals surface area contributed by atoms with Crippen molar-refractivity contribution >= 4 is 17.2 Å². The van der Waals surface area contributed by atoms with Crippen LogP contribution in [0.1, 0.15) is 46.7 Å². The molecule has 1 N–H and O–H groups in total. The van der Waals surface area contributed by atoms with Crippen LogP contribution in [0.25, 0.3) is 0 Å². The smallest absolute Gasteiger partial charge is 0.253 e. The molecule has 2 aromatic rings. The summed E-state index contributed by atoms with van der Waals surface area (Å²) in [6.07, 6.45) is 3.16. The molecule has 0 spiro atoms. The van der Waals surface area contributed by atoms with Crippen LogP contribution >= 0.6 is 11.3 Å². The molecule has 4 rings (SSSR count). The van der Waals surface area contributed by atoms with E-state index in [-0.39, 0.29) is 5.91 Å². The molecule has 3 heterocycles. The van der Waals surface area contributed by atoms with Gasteiger partial charge in [-0.2, -0.15) is 0 Å². The van der Waals surface area contributed by atoms with Gasteiger partial charge in [-0.25, -0.2) is 9.37 Å². The highest BCUT2D eigenvalue weighted by Gasteiger charge is 2.38. The van der Waals surface area contributed by atoms with E-state index < -0.39 is 11.4 Å². The minimum absolute atomic E-state index is 0.200. The Bertz CT molecular complexity index is 882. The number of amides is 1. The van der Waals surface area contributed by atoms with Gasteiger partial charge < -0.3 is 14.7 Å². The number of benzene rings is 1. The number of halogens is 1. The third-order valence-corrected chi connectivity index (χ3v) is 7.01. The molecule has 0 radical (unpaired) electrons. The Kier molecular flexibility index (Phi) is 6.48. The molecule has 1 atom stereocenters. The summed E-state index contributed by atoms with van der Waals surface area (Å²) in [6, 6.07) is 6.17. The molecule has 0 saturated carbocycles. The molecular formula is C22H28FN3O3S. The Balaban J connectivity index is 1.37. The van der Waals surface area contributed by atoms with Crippen molar-refractivity contribution < 1.29 is 19.0 Å². The molecule has 8 heteroatoms. The summed E-state index contributed by atoms with van der Waals surface area (Å²) in [5.74, 6) is -0.621. The summed E-state index contributed by atoms with van der Waals surface area (Å²) in [6.45, 7) is 3.39. The largest absolute Gasteiger partial charge is 0.383 e. The first-order valence-corrected chi connectivity index (χ1v) is 11.3. The quantitative estimate of drug-likeness (QED) is 0.759. The molecule has 2 aliphatic rings. The van der Waals surface area contributed by atoms with Crippen molar-refractivity contribution in [1.29, 1.82) is 0 Å². The van der Waals surface area contributed by atoms with Gasteiger partial charge in [0, 0.05) is 37.2 Å². The number of carbonyl (C=O) groups excluding carboxylic acids is 1. The molecule has 2 fully saturated rings. The van der Waals surface area contributed by atoms with Crippen molar-refractivity contribution in [3.63, 3.8) is 0 Å². The zero-order chi connectivity index (χ0) is 21.1. The van der Waals surface area contributed by atoms with E-state index in [0.717, 1.165) is 31.1 Å². The molecule has 30 heavy (non-hydrogen) atoms. The van der Waals surface area contributed by atoms with E-state index >= 15 is 0 Å². The van der Waals surface area contributed by atoms with E-state index in [1.54, 1.807) is 29.4 Å². The molecular weight excluding hydrogens is 405 g/mol. The maximum Gasteiger partial charge on any atom is 0.253 e. The number of carbonyl (C=O) groups is 1. The van der Waals surface area contributed by atoms with Crippen molar-refractivity contribution in [3.8, 4) is 0 Å². The van der Waals surface area contributed by atoms with Crippen molar-refractivity contribution in [3.05, 3.63) is 51.7 Å². The molecule has 2 aliphatic heterocycles. The van der Waals surface area contributed by atoms with Crippen LogP contribution in [0.5, 0.6) is 0 Å². The lowest BCUT2D eigenvalue weighted by Crippen LogP contribution is -2.45. The maximum absolute atomic E-state index is 13.4. The van der Waals surface area contributed by atoms with Crippen LogP contribution in [0, 0.1) is 5.82 Å². The Hall–Kier alpha value is -1.87. The Labute approximate surface area is 180 Å². The Morgan fingerprint density at radius 1 is 1.37 bits per heavy atom. The van der Waals surface area contributed by atoms with E-state index in [1.807, 2.05) is 5.38 Å². The van der Waals surface area contributed by atoms with Gasteiger partial charge in [-0.05, 0) is 50.4 Å². The predicted octanol–water partition coefficient (Wildman–Crippen LogP) is 3.02. The standard InChI is InChI=1S/C22H28FN3O3S/c1-29-14-18-6-3-9-26(18)13-20-24-19(15-30-20)22(28)7-10-25(11-8-22)21(27)16-4-2-5-17(23)12-16/h2,4-5,12,15,18,28H,3,6-11,13-14H2,1H3/t18-/m1/s1. The van der Waals surface area contributed by atoms with E-state index in [9.17, 15) is 14.3 Å². The van der Waals surface area contributed by atoms with Gasteiger partial charge in [0.15, 0.2) is 0 Å². The first kappa shape index (κ1) is 21.4. The number of ether oxygens (including phenoxy) is 1. The highest BCUT2D eigenvalue weighted by molar-refractivity contribution is 7.09. The van der Waals surface area contributed by atoms with Crippen LogP contribution in [-0.4, -0.2) is 65.2 Å². The predicted molar refractivity (Wildman–Crippen MR) is 113 cm³/mol. The van der Waals surface area contributed by atoms with E-state index in [0.29, 0.717) is 43.2 Å². The first-order valence-electron chi connectivity index (χ1n) is 10.4. The topological polar surface area (TPSA) is 65.9 Å². The lowest BCUT2D eigenvalue weighted by atomic mass is 9.88. The first-order chi connectivity index (χ1) is 14.5. The lowest BCUT2D eigenvalue weighted by molar-refractivity contribution is -0.0241. The van der Waals surface area contributed by atoms with E-state index in [4.69, 9.17) is 9.72 Å². The van der Waals surface area contributed by atoms with E-state index in [2.05, 4.69) is 4.90 Å². The number of methoxy groups -OCH3 is 1. The monoisotopic (exact) mass is 433 g/mol. The summed E-state index contributed by atoms with van der Waals surface area (Å²) >= 11 is 1.58. The second-order valence-corrected chi connectivity index (χ2v) is 9.13. The fourth-order valence-electron chi connectivity index (χ4n) is 4.40. The second kappa shape index (κ2) is 9.09. The molecule has 0 unspecified atom stereocenters. The number of hydrogen-bond acceptors (Lipinski definition) is 6. The summed E-state index contributed by atoms with van der Waals surface area (Å²) in [4.78, 5) is 21.4. The van der Waals surface area contributed by atoms with Crippen molar-refractivity contribution in [2.45, 2.75) is 43.9 Å². The number of thiazole rings is 1. The van der Waals surface area contributed by atoms with Crippen LogP contribution < -0.4 is 0 Å². The Morgan fingerprint density at radius 2 is 2.17 bits per heavy atom. The van der Waals surface area contributed by atoms with Crippen LogP contribution in [0.3, 0.4) is 0 Å². The highest BCUT2D eigenvalue weighted by atomic mass is 32.1. The van der Waals surface area contributed by atoms with Crippen LogP contribution in [0.15, 0.2) is 29.6 Å². The lowest BCUT2D eigenvalue weighted by Gasteiger charge is -2.37. The molecule has 0 aliphatic carbocycles. The molecule has 0 bridgehead atoms. The van der Waals surface area contributed by atoms with Gasteiger partial charge in [-0.3, -0.25) is 9.69 Å². The third-order valence-electron chi connectivity index (χ3n) is 6.17. The molecule has 1 aromatic heterocycles. The third kappa shape index (κ3) is 4.56. The molecule has 2 saturated heterocycles. The number of rotatable bonds is 6. The number of likely N-dealkylation sites (tertiary alicyclic amines) is 2. The van der Waals surface area contributed by atoms with Gasteiger partial charge in [-0.15, -0.1) is 11.3 Å². The van der Waals surface area contributed by atoms with Gasteiger partial charge in [-0.1, -0.05) is 6.07 Å². The number of aliphatic hydroxyl groups is 1. The van der Waals surface area contributed by atoms with Gasteiger partial charge in [0.2, 0.25) is 0 Å². The van der Waals surface area contributed by atoms with Gasteiger partial charge >= 0.3 is 0 Å². The minimum Gasteiger partial charge on any atom is -0.383 e. The minimum atomic E-state index is -1.02.